The van der Waals surface area contributed by atoms with Crippen molar-refractivity contribution in [1.29, 1.82) is 0 Å². The Kier molecular flexibility index (Phi) is 4.32. The molecule has 2 fully saturated rings. The maximum atomic E-state index is 11.5. The van der Waals surface area contributed by atoms with E-state index in [2.05, 4.69) is 10.6 Å². The predicted octanol–water partition coefficient (Wildman–Crippen LogP) is 0.998. The van der Waals surface area contributed by atoms with Crippen LogP contribution in [0.15, 0.2) is 0 Å². The zero-order chi connectivity index (χ0) is 10.5. The van der Waals surface area contributed by atoms with Crippen molar-refractivity contribution in [2.75, 3.05) is 24.6 Å². The van der Waals surface area contributed by atoms with Gasteiger partial charge >= 0.3 is 0 Å². The van der Waals surface area contributed by atoms with Crippen LogP contribution in [0.5, 0.6) is 0 Å². The van der Waals surface area contributed by atoms with Gasteiger partial charge in [0.2, 0.25) is 5.91 Å². The van der Waals surface area contributed by atoms with Gasteiger partial charge in [0.15, 0.2) is 0 Å². The van der Waals surface area contributed by atoms with Crippen molar-refractivity contribution in [3.63, 3.8) is 0 Å². The molecule has 0 aromatic carbocycles. The molecule has 3 nitrogen and oxygen atoms in total. The molecule has 0 spiro atoms. The van der Waals surface area contributed by atoms with Gasteiger partial charge in [0.1, 0.15) is 0 Å². The van der Waals surface area contributed by atoms with E-state index in [1.807, 2.05) is 11.8 Å². The number of nitrogens with one attached hydrogen (secondary N) is 2. The Labute approximate surface area is 95.8 Å². The monoisotopic (exact) mass is 228 g/mol. The molecule has 86 valence electrons. The van der Waals surface area contributed by atoms with Crippen LogP contribution in [0.25, 0.3) is 0 Å². The van der Waals surface area contributed by atoms with E-state index in [-0.39, 0.29) is 5.91 Å². The second-order valence-corrected chi connectivity index (χ2v) is 5.71. The highest BCUT2D eigenvalue weighted by atomic mass is 32.2. The third-order valence-electron chi connectivity index (χ3n) is 2.94. The van der Waals surface area contributed by atoms with E-state index in [1.165, 1.54) is 25.0 Å². The van der Waals surface area contributed by atoms with Crippen molar-refractivity contribution in [3.05, 3.63) is 0 Å². The number of thioether (sulfide) groups is 1. The smallest absolute Gasteiger partial charge is 0.234 e. The van der Waals surface area contributed by atoms with Crippen molar-refractivity contribution in [1.82, 2.24) is 10.6 Å². The lowest BCUT2D eigenvalue weighted by Gasteiger charge is -2.22. The van der Waals surface area contributed by atoms with E-state index >= 15 is 0 Å². The summed E-state index contributed by atoms with van der Waals surface area (Å²) >= 11 is 1.95. The SMILES string of the molecule is O=C(CNCC1CC1)NC1CCCSC1. The summed E-state index contributed by atoms with van der Waals surface area (Å²) in [6.07, 6.45) is 5.08. The Hall–Kier alpha value is -0.220. The zero-order valence-electron chi connectivity index (χ0n) is 9.13. The van der Waals surface area contributed by atoms with Gasteiger partial charge in [-0.1, -0.05) is 0 Å². The van der Waals surface area contributed by atoms with Gasteiger partial charge in [-0.15, -0.1) is 0 Å². The van der Waals surface area contributed by atoms with E-state index < -0.39 is 0 Å². The molecule has 0 aromatic rings. The third kappa shape index (κ3) is 4.43. The number of amides is 1. The molecule has 0 bridgehead atoms. The molecule has 1 atom stereocenters. The number of carbonyl (C=O) groups is 1. The summed E-state index contributed by atoms with van der Waals surface area (Å²) in [7, 11) is 0. The van der Waals surface area contributed by atoms with E-state index in [0.29, 0.717) is 12.6 Å². The number of rotatable bonds is 5. The quantitative estimate of drug-likeness (QED) is 0.737. The van der Waals surface area contributed by atoms with Gasteiger partial charge in [0, 0.05) is 11.8 Å². The lowest BCUT2D eigenvalue weighted by molar-refractivity contribution is -0.120. The van der Waals surface area contributed by atoms with Crippen LogP contribution in [-0.4, -0.2) is 36.5 Å². The molecule has 4 heteroatoms. The first-order chi connectivity index (χ1) is 7.34. The average molecular weight is 228 g/mol. The lowest BCUT2D eigenvalue weighted by atomic mass is 10.2. The minimum absolute atomic E-state index is 0.170. The van der Waals surface area contributed by atoms with Crippen LogP contribution in [0, 0.1) is 5.92 Å². The van der Waals surface area contributed by atoms with Gasteiger partial charge in [-0.05, 0) is 43.9 Å². The maximum absolute atomic E-state index is 11.5. The fourth-order valence-corrected chi connectivity index (χ4v) is 2.92. The lowest BCUT2D eigenvalue weighted by Crippen LogP contribution is -2.43. The Balaban J connectivity index is 1.54. The first kappa shape index (κ1) is 11.3. The molecular formula is C11H20N2OS. The van der Waals surface area contributed by atoms with E-state index in [0.717, 1.165) is 24.6 Å². The molecule has 1 heterocycles. The fourth-order valence-electron chi connectivity index (χ4n) is 1.85. The van der Waals surface area contributed by atoms with E-state index in [1.54, 1.807) is 0 Å². The van der Waals surface area contributed by atoms with Crippen molar-refractivity contribution in [3.8, 4) is 0 Å². The Morgan fingerprint density at radius 1 is 1.33 bits per heavy atom. The molecule has 2 aliphatic rings. The van der Waals surface area contributed by atoms with Crippen LogP contribution >= 0.6 is 11.8 Å². The molecule has 0 aromatic heterocycles. The van der Waals surface area contributed by atoms with Gasteiger partial charge < -0.3 is 10.6 Å². The molecule has 1 aliphatic carbocycles. The minimum atomic E-state index is 0.170. The van der Waals surface area contributed by atoms with Crippen LogP contribution in [0.3, 0.4) is 0 Å². The Morgan fingerprint density at radius 3 is 2.87 bits per heavy atom. The molecule has 1 aliphatic heterocycles. The summed E-state index contributed by atoms with van der Waals surface area (Å²) in [5.41, 5.74) is 0. The topological polar surface area (TPSA) is 41.1 Å². The summed E-state index contributed by atoms with van der Waals surface area (Å²) in [4.78, 5) is 11.5. The van der Waals surface area contributed by atoms with Gasteiger partial charge in [-0.2, -0.15) is 11.8 Å². The summed E-state index contributed by atoms with van der Waals surface area (Å²) in [6, 6.07) is 0.416. The van der Waals surface area contributed by atoms with E-state index in [9.17, 15) is 4.79 Å². The number of hydrogen-bond acceptors (Lipinski definition) is 3. The molecule has 2 rings (SSSR count). The molecule has 1 saturated carbocycles. The van der Waals surface area contributed by atoms with Crippen molar-refractivity contribution in [2.45, 2.75) is 31.7 Å². The summed E-state index contributed by atoms with van der Waals surface area (Å²) in [6.45, 7) is 1.52. The minimum Gasteiger partial charge on any atom is -0.351 e. The highest BCUT2D eigenvalue weighted by Gasteiger charge is 2.21. The fraction of sp³-hybridized carbons (Fsp3) is 0.909. The number of carbonyl (C=O) groups excluding carboxylic acids is 1. The van der Waals surface area contributed by atoms with Gasteiger partial charge in [-0.3, -0.25) is 4.79 Å². The van der Waals surface area contributed by atoms with Gasteiger partial charge in [0.05, 0.1) is 6.54 Å². The Morgan fingerprint density at radius 2 is 2.20 bits per heavy atom. The maximum Gasteiger partial charge on any atom is 0.234 e. The van der Waals surface area contributed by atoms with Crippen LogP contribution in [0.4, 0.5) is 0 Å². The van der Waals surface area contributed by atoms with Crippen LogP contribution < -0.4 is 10.6 Å². The molecular weight excluding hydrogens is 208 g/mol. The molecule has 1 amide bonds. The van der Waals surface area contributed by atoms with Crippen LogP contribution in [0.2, 0.25) is 0 Å². The second-order valence-electron chi connectivity index (χ2n) is 4.56. The first-order valence-electron chi connectivity index (χ1n) is 5.92. The average Bonchev–Trinajstić information content (AvgIpc) is 3.03. The molecule has 1 unspecified atom stereocenters. The second kappa shape index (κ2) is 5.75. The normalized spacial score (nSPS) is 26.3. The zero-order valence-corrected chi connectivity index (χ0v) is 9.94. The van der Waals surface area contributed by atoms with Crippen molar-refractivity contribution in [2.24, 2.45) is 5.92 Å². The molecule has 2 N–H and O–H groups in total. The molecule has 1 saturated heterocycles. The van der Waals surface area contributed by atoms with Crippen molar-refractivity contribution >= 4 is 17.7 Å². The van der Waals surface area contributed by atoms with E-state index in [4.69, 9.17) is 0 Å². The van der Waals surface area contributed by atoms with Gasteiger partial charge in [0.25, 0.3) is 0 Å². The summed E-state index contributed by atoms with van der Waals surface area (Å²) < 4.78 is 0. The largest absolute Gasteiger partial charge is 0.351 e. The highest BCUT2D eigenvalue weighted by Crippen LogP contribution is 2.27. The first-order valence-corrected chi connectivity index (χ1v) is 7.08. The van der Waals surface area contributed by atoms with Crippen molar-refractivity contribution < 1.29 is 4.79 Å². The predicted molar refractivity (Wildman–Crippen MR) is 64.1 cm³/mol. The van der Waals surface area contributed by atoms with Crippen LogP contribution in [0.1, 0.15) is 25.7 Å². The standard InChI is InChI=1S/C11H20N2OS/c14-11(7-12-6-9-3-4-9)13-10-2-1-5-15-8-10/h9-10,12H,1-8H2,(H,13,14). The number of hydrogen-bond donors (Lipinski definition) is 2. The Bertz CT molecular complexity index is 213. The summed E-state index contributed by atoms with van der Waals surface area (Å²) in [5, 5.41) is 6.31. The molecule has 0 radical (unpaired) electrons. The summed E-state index contributed by atoms with van der Waals surface area (Å²) in [5.74, 6) is 3.37. The highest BCUT2D eigenvalue weighted by molar-refractivity contribution is 7.99. The third-order valence-corrected chi connectivity index (χ3v) is 4.16. The van der Waals surface area contributed by atoms with Gasteiger partial charge in [-0.25, -0.2) is 0 Å². The van der Waals surface area contributed by atoms with Crippen LogP contribution in [-0.2, 0) is 4.79 Å². The molecule has 15 heavy (non-hydrogen) atoms.